The quantitative estimate of drug-likeness (QED) is 0.530. The monoisotopic (exact) mass is 488 g/mol. The van der Waals surface area contributed by atoms with Gasteiger partial charge < -0.3 is 14.4 Å². The summed E-state index contributed by atoms with van der Waals surface area (Å²) in [6.07, 6.45) is 0.962. The number of amides is 1. The van der Waals surface area contributed by atoms with E-state index >= 15 is 0 Å². The van der Waals surface area contributed by atoms with E-state index in [1.165, 1.54) is 41.6 Å². The summed E-state index contributed by atoms with van der Waals surface area (Å²) in [5.41, 5.74) is 0.981. The molecular formula is C25H32N2O6S. The Morgan fingerprint density at radius 1 is 1.03 bits per heavy atom. The zero-order chi connectivity index (χ0) is 24.9. The number of carbonyl (C=O) groups excluding carboxylic acids is 2. The molecule has 9 heteroatoms. The van der Waals surface area contributed by atoms with Crippen LogP contribution < -0.4 is 4.74 Å². The first-order chi connectivity index (χ1) is 16.1. The number of sulfonamides is 1. The van der Waals surface area contributed by atoms with Gasteiger partial charge in [-0.1, -0.05) is 44.2 Å². The van der Waals surface area contributed by atoms with E-state index in [1.807, 2.05) is 44.2 Å². The third-order valence-electron chi connectivity index (χ3n) is 5.91. The highest BCUT2D eigenvalue weighted by Gasteiger charge is 2.34. The summed E-state index contributed by atoms with van der Waals surface area (Å²) in [5, 5.41) is 0. The molecule has 0 radical (unpaired) electrons. The predicted molar refractivity (Wildman–Crippen MR) is 128 cm³/mol. The van der Waals surface area contributed by atoms with Crippen molar-refractivity contribution in [3.63, 3.8) is 0 Å². The van der Waals surface area contributed by atoms with Crippen molar-refractivity contribution >= 4 is 21.9 Å². The molecule has 8 nitrogen and oxygen atoms in total. The van der Waals surface area contributed by atoms with Crippen molar-refractivity contribution in [2.45, 2.75) is 31.7 Å². The molecule has 0 N–H and O–H groups in total. The van der Waals surface area contributed by atoms with E-state index in [0.29, 0.717) is 13.1 Å². The number of methoxy groups -OCH3 is 2. The maximum Gasteiger partial charge on any atom is 0.325 e. The van der Waals surface area contributed by atoms with Gasteiger partial charge in [0.1, 0.15) is 17.2 Å². The van der Waals surface area contributed by atoms with Crippen LogP contribution in [-0.4, -0.2) is 63.4 Å². The Labute approximate surface area is 201 Å². The van der Waals surface area contributed by atoms with Gasteiger partial charge in [0.05, 0.1) is 14.2 Å². The summed E-state index contributed by atoms with van der Waals surface area (Å²) in [6.45, 7) is 4.80. The van der Waals surface area contributed by atoms with Gasteiger partial charge in [0, 0.05) is 25.2 Å². The number of hydrogen-bond acceptors (Lipinski definition) is 6. The first-order valence-electron chi connectivity index (χ1n) is 11.2. The Morgan fingerprint density at radius 2 is 1.68 bits per heavy atom. The second kappa shape index (κ2) is 11.0. The number of piperidine rings is 1. The molecule has 0 aromatic heterocycles. The normalized spacial score (nSPS) is 18.8. The molecule has 3 rings (SSSR count). The zero-order valence-corrected chi connectivity index (χ0v) is 20.9. The van der Waals surface area contributed by atoms with Crippen LogP contribution in [0.25, 0.3) is 0 Å². The number of hydrogen-bond donors (Lipinski definition) is 0. The van der Waals surface area contributed by atoms with Crippen molar-refractivity contribution in [1.82, 2.24) is 9.21 Å². The smallest absolute Gasteiger partial charge is 0.325 e. The molecular weight excluding hydrogens is 456 g/mol. The molecule has 184 valence electrons. The van der Waals surface area contributed by atoms with Crippen LogP contribution in [0, 0.1) is 11.8 Å². The van der Waals surface area contributed by atoms with Gasteiger partial charge in [0.2, 0.25) is 10.0 Å². The lowest BCUT2D eigenvalue weighted by molar-refractivity contribution is -0.141. The minimum atomic E-state index is -3.89. The summed E-state index contributed by atoms with van der Waals surface area (Å²) in [6, 6.07) is 13.6. The van der Waals surface area contributed by atoms with Crippen LogP contribution in [0.4, 0.5) is 0 Å². The fourth-order valence-corrected chi connectivity index (χ4v) is 6.22. The predicted octanol–water partition coefficient (Wildman–Crippen LogP) is 3.18. The molecule has 2 unspecified atom stereocenters. The molecule has 34 heavy (non-hydrogen) atoms. The third kappa shape index (κ3) is 5.95. The van der Waals surface area contributed by atoms with Crippen LogP contribution in [0.1, 0.15) is 36.2 Å². The molecule has 1 fully saturated rings. The molecule has 1 aliphatic rings. The van der Waals surface area contributed by atoms with Crippen LogP contribution in [0.3, 0.4) is 0 Å². The van der Waals surface area contributed by atoms with E-state index in [-0.39, 0.29) is 41.1 Å². The number of rotatable bonds is 8. The lowest BCUT2D eigenvalue weighted by Gasteiger charge is -2.34. The van der Waals surface area contributed by atoms with E-state index < -0.39 is 21.9 Å². The molecule has 1 aliphatic heterocycles. The van der Waals surface area contributed by atoms with Crippen LogP contribution in [0.2, 0.25) is 0 Å². The van der Waals surface area contributed by atoms with Gasteiger partial charge in [0.15, 0.2) is 0 Å². The van der Waals surface area contributed by atoms with E-state index in [4.69, 9.17) is 9.47 Å². The average molecular weight is 489 g/mol. The lowest BCUT2D eigenvalue weighted by Crippen LogP contribution is -2.42. The summed E-state index contributed by atoms with van der Waals surface area (Å²) in [5.74, 6) is -0.410. The molecule has 2 aromatic carbocycles. The zero-order valence-electron chi connectivity index (χ0n) is 20.1. The van der Waals surface area contributed by atoms with Crippen LogP contribution in [-0.2, 0) is 26.1 Å². The number of nitrogens with zero attached hydrogens (tertiary/aromatic N) is 2. The Morgan fingerprint density at radius 3 is 2.26 bits per heavy atom. The molecule has 0 bridgehead atoms. The number of benzene rings is 2. The highest BCUT2D eigenvalue weighted by molar-refractivity contribution is 7.89. The van der Waals surface area contributed by atoms with E-state index in [1.54, 1.807) is 0 Å². The van der Waals surface area contributed by atoms with Gasteiger partial charge >= 0.3 is 5.97 Å². The van der Waals surface area contributed by atoms with Crippen molar-refractivity contribution in [3.8, 4) is 5.75 Å². The van der Waals surface area contributed by atoms with Gasteiger partial charge in [-0.2, -0.15) is 4.31 Å². The fraction of sp³-hybridized carbons (Fsp3) is 0.440. The lowest BCUT2D eigenvalue weighted by atomic mass is 9.94. The topological polar surface area (TPSA) is 93.2 Å². The van der Waals surface area contributed by atoms with Gasteiger partial charge in [-0.25, -0.2) is 8.42 Å². The summed E-state index contributed by atoms with van der Waals surface area (Å²) >= 11 is 0. The van der Waals surface area contributed by atoms with Crippen LogP contribution >= 0.6 is 0 Å². The number of ether oxygens (including phenoxy) is 2. The molecule has 1 saturated heterocycles. The molecule has 1 heterocycles. The summed E-state index contributed by atoms with van der Waals surface area (Å²) < 4.78 is 38.7. The summed E-state index contributed by atoms with van der Waals surface area (Å²) in [4.78, 5) is 26.7. The number of carbonyl (C=O) groups is 2. The molecule has 2 atom stereocenters. The van der Waals surface area contributed by atoms with Crippen LogP contribution in [0.15, 0.2) is 53.4 Å². The van der Waals surface area contributed by atoms with Crippen molar-refractivity contribution in [2.24, 2.45) is 11.8 Å². The Balaban J connectivity index is 1.97. The van der Waals surface area contributed by atoms with Crippen molar-refractivity contribution in [1.29, 1.82) is 0 Å². The van der Waals surface area contributed by atoms with Gasteiger partial charge in [-0.05, 0) is 42.0 Å². The summed E-state index contributed by atoms with van der Waals surface area (Å²) in [7, 11) is -1.24. The molecule has 0 aliphatic carbocycles. The molecule has 0 spiro atoms. The number of esters is 1. The van der Waals surface area contributed by atoms with Crippen molar-refractivity contribution in [3.05, 3.63) is 59.7 Å². The molecule has 1 amide bonds. The maximum atomic E-state index is 13.6. The van der Waals surface area contributed by atoms with E-state index in [2.05, 4.69) is 0 Å². The SMILES string of the molecule is COC(=O)CN(Cc1ccccc1)C(=O)c1ccc(OC)c(S(=O)(=O)N2CC(C)CC(C)C2)c1. The van der Waals surface area contributed by atoms with Crippen molar-refractivity contribution < 1.29 is 27.5 Å². The van der Waals surface area contributed by atoms with E-state index in [0.717, 1.165) is 12.0 Å². The van der Waals surface area contributed by atoms with Crippen LogP contribution in [0.5, 0.6) is 5.75 Å². The Bertz CT molecular complexity index is 1110. The molecule has 0 saturated carbocycles. The first kappa shape index (κ1) is 25.7. The highest BCUT2D eigenvalue weighted by atomic mass is 32.2. The average Bonchev–Trinajstić information content (AvgIpc) is 2.82. The van der Waals surface area contributed by atoms with Gasteiger partial charge in [-0.3, -0.25) is 9.59 Å². The second-order valence-electron chi connectivity index (χ2n) is 8.86. The highest BCUT2D eigenvalue weighted by Crippen LogP contribution is 2.32. The maximum absolute atomic E-state index is 13.6. The molecule has 2 aromatic rings. The first-order valence-corrected chi connectivity index (χ1v) is 12.7. The van der Waals surface area contributed by atoms with Crippen molar-refractivity contribution in [2.75, 3.05) is 33.9 Å². The fourth-order valence-electron chi connectivity index (χ4n) is 4.36. The van der Waals surface area contributed by atoms with Gasteiger partial charge in [-0.15, -0.1) is 0 Å². The Kier molecular flexibility index (Phi) is 8.33. The second-order valence-corrected chi connectivity index (χ2v) is 10.8. The third-order valence-corrected chi connectivity index (χ3v) is 7.77. The van der Waals surface area contributed by atoms with E-state index in [9.17, 15) is 18.0 Å². The Hall–Kier alpha value is -2.91. The standard InChI is InChI=1S/C25H32N2O6S/c1-18-12-19(2)15-27(14-18)34(30,31)23-13-21(10-11-22(23)32-3)25(29)26(17-24(28)33-4)16-20-8-6-5-7-9-20/h5-11,13,18-19H,12,14-17H2,1-4H3. The van der Waals surface area contributed by atoms with Gasteiger partial charge in [0.25, 0.3) is 5.91 Å². The largest absolute Gasteiger partial charge is 0.495 e. The minimum absolute atomic E-state index is 0.0557. The minimum Gasteiger partial charge on any atom is -0.495 e.